The van der Waals surface area contributed by atoms with Crippen LogP contribution in [0.1, 0.15) is 37.4 Å². The number of benzene rings is 2. The third-order valence-electron chi connectivity index (χ3n) is 7.02. The van der Waals surface area contributed by atoms with Crippen molar-refractivity contribution >= 4 is 21.4 Å². The SMILES string of the molecule is CC1(C)CC(c2cccc(N3CCOCC3)c2)Nc2ccc(S(=O)(=O)N3CCOCC3)cc21. The number of nitrogens with zero attached hydrogens (tertiary/aromatic N) is 2. The molecule has 3 aliphatic heterocycles. The van der Waals surface area contributed by atoms with Crippen LogP contribution in [0, 0.1) is 0 Å². The first-order valence-electron chi connectivity index (χ1n) is 11.8. The van der Waals surface area contributed by atoms with Gasteiger partial charge in [-0.15, -0.1) is 0 Å². The number of hydrogen-bond donors (Lipinski definition) is 1. The van der Waals surface area contributed by atoms with E-state index >= 15 is 0 Å². The first kappa shape index (κ1) is 22.7. The number of nitrogens with one attached hydrogen (secondary N) is 1. The van der Waals surface area contributed by atoms with Crippen LogP contribution in [0.3, 0.4) is 0 Å². The van der Waals surface area contributed by atoms with Crippen LogP contribution in [0.2, 0.25) is 0 Å². The lowest BCUT2D eigenvalue weighted by molar-refractivity contribution is 0.0730. The summed E-state index contributed by atoms with van der Waals surface area (Å²) in [6, 6.07) is 14.5. The van der Waals surface area contributed by atoms with Crippen LogP contribution < -0.4 is 10.2 Å². The number of anilines is 2. The van der Waals surface area contributed by atoms with Crippen molar-refractivity contribution in [1.29, 1.82) is 0 Å². The predicted octanol–water partition coefficient (Wildman–Crippen LogP) is 3.38. The number of rotatable bonds is 4. The summed E-state index contributed by atoms with van der Waals surface area (Å²) in [5.41, 5.74) is 4.37. The van der Waals surface area contributed by atoms with E-state index in [9.17, 15) is 8.42 Å². The van der Waals surface area contributed by atoms with E-state index in [4.69, 9.17) is 9.47 Å². The molecule has 0 saturated carbocycles. The maximum atomic E-state index is 13.2. The van der Waals surface area contributed by atoms with Crippen LogP contribution in [0.25, 0.3) is 0 Å². The number of ether oxygens (including phenoxy) is 2. The van der Waals surface area contributed by atoms with Gasteiger partial charge in [0.25, 0.3) is 0 Å². The molecule has 2 fully saturated rings. The zero-order chi connectivity index (χ0) is 23.1. The molecule has 2 aromatic carbocycles. The Bertz CT molecular complexity index is 1110. The Morgan fingerprint density at radius 1 is 0.939 bits per heavy atom. The van der Waals surface area contributed by atoms with Gasteiger partial charge < -0.3 is 19.7 Å². The van der Waals surface area contributed by atoms with Gasteiger partial charge in [-0.3, -0.25) is 0 Å². The summed E-state index contributed by atoms with van der Waals surface area (Å²) < 4.78 is 38.7. The van der Waals surface area contributed by atoms with Crippen LogP contribution in [-0.4, -0.2) is 65.3 Å². The minimum atomic E-state index is -3.52. The van der Waals surface area contributed by atoms with Crippen molar-refractivity contribution in [2.75, 3.05) is 62.8 Å². The highest BCUT2D eigenvalue weighted by atomic mass is 32.2. The minimum absolute atomic E-state index is 0.162. The van der Waals surface area contributed by atoms with Gasteiger partial charge >= 0.3 is 0 Å². The standard InChI is InChI=1S/C25H33N3O4S/c1-25(2)18-24(19-4-3-5-20(16-19)27-8-12-31-13-9-27)26-23-7-6-21(17-22(23)25)33(29,30)28-10-14-32-15-11-28/h3-7,16-17,24,26H,8-15,18H2,1-2H3. The molecule has 0 amide bonds. The number of sulfonamides is 1. The summed E-state index contributed by atoms with van der Waals surface area (Å²) in [7, 11) is -3.52. The predicted molar refractivity (Wildman–Crippen MR) is 130 cm³/mol. The molecule has 1 N–H and O–H groups in total. The Morgan fingerprint density at radius 3 is 2.36 bits per heavy atom. The molecular formula is C25H33N3O4S. The molecule has 2 aromatic rings. The fraction of sp³-hybridized carbons (Fsp3) is 0.520. The summed E-state index contributed by atoms with van der Waals surface area (Å²) in [6.45, 7) is 9.47. The third-order valence-corrected chi connectivity index (χ3v) is 8.92. The van der Waals surface area contributed by atoms with Crippen molar-refractivity contribution in [3.8, 4) is 0 Å². The van der Waals surface area contributed by atoms with Gasteiger partial charge in [-0.25, -0.2) is 8.42 Å². The summed E-state index contributed by atoms with van der Waals surface area (Å²) in [6.07, 6.45) is 0.883. The average molecular weight is 472 g/mol. The molecule has 0 spiro atoms. The van der Waals surface area contributed by atoms with Crippen LogP contribution in [0.15, 0.2) is 47.4 Å². The lowest BCUT2D eigenvalue weighted by Gasteiger charge is -2.39. The molecule has 0 aromatic heterocycles. The van der Waals surface area contributed by atoms with Crippen LogP contribution in [0.4, 0.5) is 11.4 Å². The molecule has 3 aliphatic rings. The fourth-order valence-corrected chi connectivity index (χ4v) is 6.56. The van der Waals surface area contributed by atoms with Crippen LogP contribution >= 0.6 is 0 Å². The Labute approximate surface area is 196 Å². The van der Waals surface area contributed by atoms with Crippen LogP contribution in [0.5, 0.6) is 0 Å². The normalized spacial score (nSPS) is 23.6. The molecule has 0 radical (unpaired) electrons. The Balaban J connectivity index is 1.42. The zero-order valence-electron chi connectivity index (χ0n) is 19.4. The average Bonchev–Trinajstić information content (AvgIpc) is 2.84. The number of hydrogen-bond acceptors (Lipinski definition) is 6. The van der Waals surface area contributed by atoms with E-state index in [1.165, 1.54) is 15.6 Å². The molecule has 0 bridgehead atoms. The molecule has 178 valence electrons. The van der Waals surface area contributed by atoms with Crippen molar-refractivity contribution in [2.45, 2.75) is 36.6 Å². The van der Waals surface area contributed by atoms with Crippen molar-refractivity contribution in [3.63, 3.8) is 0 Å². The van der Waals surface area contributed by atoms with Gasteiger partial charge in [0.2, 0.25) is 10.0 Å². The number of fused-ring (bicyclic) bond motifs is 1. The molecule has 3 heterocycles. The van der Waals surface area contributed by atoms with Crippen molar-refractivity contribution in [3.05, 3.63) is 53.6 Å². The highest BCUT2D eigenvalue weighted by Gasteiger charge is 2.36. The largest absolute Gasteiger partial charge is 0.379 e. The summed E-state index contributed by atoms with van der Waals surface area (Å²) >= 11 is 0. The molecule has 2 saturated heterocycles. The second-order valence-electron chi connectivity index (χ2n) is 9.70. The summed E-state index contributed by atoms with van der Waals surface area (Å²) in [4.78, 5) is 2.74. The Morgan fingerprint density at radius 2 is 1.64 bits per heavy atom. The lowest BCUT2D eigenvalue weighted by atomic mass is 9.74. The van der Waals surface area contributed by atoms with Gasteiger partial charge in [-0.2, -0.15) is 4.31 Å². The Hall–Kier alpha value is -2.13. The highest BCUT2D eigenvalue weighted by molar-refractivity contribution is 7.89. The van der Waals surface area contributed by atoms with E-state index in [0.29, 0.717) is 31.2 Å². The van der Waals surface area contributed by atoms with Gasteiger partial charge in [0, 0.05) is 37.6 Å². The van der Waals surface area contributed by atoms with E-state index in [-0.39, 0.29) is 11.5 Å². The van der Waals surface area contributed by atoms with Gasteiger partial charge in [0.1, 0.15) is 0 Å². The second kappa shape index (κ2) is 8.91. The van der Waals surface area contributed by atoms with Crippen molar-refractivity contribution in [1.82, 2.24) is 4.31 Å². The molecule has 8 heteroatoms. The molecule has 0 aliphatic carbocycles. The number of morpholine rings is 2. The summed E-state index contributed by atoms with van der Waals surface area (Å²) in [5.74, 6) is 0. The van der Waals surface area contributed by atoms with E-state index in [0.717, 1.165) is 44.0 Å². The first-order valence-corrected chi connectivity index (χ1v) is 13.2. The van der Waals surface area contributed by atoms with E-state index in [1.54, 1.807) is 6.07 Å². The molecule has 7 nitrogen and oxygen atoms in total. The summed E-state index contributed by atoms with van der Waals surface area (Å²) in [5, 5.41) is 3.69. The molecule has 5 rings (SSSR count). The smallest absolute Gasteiger partial charge is 0.243 e. The van der Waals surface area contributed by atoms with E-state index in [1.807, 2.05) is 12.1 Å². The van der Waals surface area contributed by atoms with Crippen LogP contribution in [-0.2, 0) is 24.9 Å². The fourth-order valence-electron chi connectivity index (χ4n) is 5.13. The van der Waals surface area contributed by atoms with Crippen molar-refractivity contribution in [2.24, 2.45) is 0 Å². The molecule has 1 atom stereocenters. The molecular weight excluding hydrogens is 438 g/mol. The maximum absolute atomic E-state index is 13.2. The lowest BCUT2D eigenvalue weighted by Crippen LogP contribution is -2.40. The van der Waals surface area contributed by atoms with E-state index in [2.05, 4.69) is 48.3 Å². The van der Waals surface area contributed by atoms with Crippen molar-refractivity contribution < 1.29 is 17.9 Å². The first-order chi connectivity index (χ1) is 15.8. The second-order valence-corrected chi connectivity index (χ2v) is 11.6. The quantitative estimate of drug-likeness (QED) is 0.737. The van der Waals surface area contributed by atoms with Gasteiger partial charge in [0.05, 0.1) is 37.4 Å². The zero-order valence-corrected chi connectivity index (χ0v) is 20.2. The van der Waals surface area contributed by atoms with Gasteiger partial charge in [-0.05, 0) is 53.3 Å². The maximum Gasteiger partial charge on any atom is 0.243 e. The monoisotopic (exact) mass is 471 g/mol. The minimum Gasteiger partial charge on any atom is -0.379 e. The van der Waals surface area contributed by atoms with Gasteiger partial charge in [0.15, 0.2) is 0 Å². The topological polar surface area (TPSA) is 71.1 Å². The molecule has 33 heavy (non-hydrogen) atoms. The van der Waals surface area contributed by atoms with E-state index < -0.39 is 10.0 Å². The Kier molecular flexibility index (Phi) is 6.11. The third kappa shape index (κ3) is 4.49. The van der Waals surface area contributed by atoms with Gasteiger partial charge in [-0.1, -0.05) is 26.0 Å². The highest BCUT2D eigenvalue weighted by Crippen LogP contribution is 2.45. The molecule has 1 unspecified atom stereocenters.